The molecule has 0 heterocycles. The van der Waals surface area contributed by atoms with E-state index in [1.54, 1.807) is 0 Å². The molecule has 0 bridgehead atoms. The highest BCUT2D eigenvalue weighted by Crippen LogP contribution is 2.16. The van der Waals surface area contributed by atoms with Crippen LogP contribution in [-0.4, -0.2) is 12.2 Å². The van der Waals surface area contributed by atoms with Gasteiger partial charge in [0.05, 0.1) is 0 Å². The third kappa shape index (κ3) is 7.08. The van der Waals surface area contributed by atoms with Crippen LogP contribution in [0.25, 0.3) is 10.8 Å². The molecule has 0 aliphatic rings. The topological polar surface area (TPSA) is 20.2 Å². The summed E-state index contributed by atoms with van der Waals surface area (Å²) in [6, 6.07) is 16.7. The average Bonchev–Trinajstić information content (AvgIpc) is 2.41. The number of fused-ring (bicyclic) bond motifs is 1. The first-order chi connectivity index (χ1) is 8.53. The molecule has 0 fully saturated rings. The normalized spacial score (nSPS) is 9.89. The van der Waals surface area contributed by atoms with Crippen LogP contribution < -0.4 is 0 Å². The molecule has 1 heteroatoms. The van der Waals surface area contributed by atoms with Gasteiger partial charge in [-0.1, -0.05) is 82.6 Å². The van der Waals surface area contributed by atoms with Crippen LogP contribution in [0.5, 0.6) is 0 Å². The first kappa shape index (κ1) is 16.7. The smallest absolute Gasteiger partial charge is 0.0319 e. The van der Waals surface area contributed by atoms with Gasteiger partial charge in [0.1, 0.15) is 0 Å². The Morgan fingerprint density at radius 3 is 1.17 bits per heavy atom. The first-order valence-corrected chi connectivity index (χ1v) is 6.41. The van der Waals surface area contributed by atoms with Crippen LogP contribution in [0.15, 0.2) is 48.5 Å². The summed E-state index contributed by atoms with van der Waals surface area (Å²) in [4.78, 5) is 0. The van der Waals surface area contributed by atoms with Crippen molar-refractivity contribution in [2.45, 2.75) is 34.1 Å². The van der Waals surface area contributed by atoms with Gasteiger partial charge in [0.2, 0.25) is 0 Å². The molecule has 1 nitrogen and oxygen atoms in total. The fourth-order valence-electron chi connectivity index (χ4n) is 1.13. The van der Waals surface area contributed by atoms with Crippen LogP contribution in [0.2, 0.25) is 0 Å². The van der Waals surface area contributed by atoms with Crippen molar-refractivity contribution in [1.29, 1.82) is 0 Å². The van der Waals surface area contributed by atoms with Crippen molar-refractivity contribution < 1.29 is 5.11 Å². The highest BCUT2D eigenvalue weighted by molar-refractivity contribution is 5.81. The Morgan fingerprint density at radius 2 is 1.00 bits per heavy atom. The lowest BCUT2D eigenvalue weighted by Gasteiger charge is -2.12. The van der Waals surface area contributed by atoms with Crippen molar-refractivity contribution in [3.63, 3.8) is 0 Å². The zero-order valence-electron chi connectivity index (χ0n) is 12.3. The quantitative estimate of drug-likeness (QED) is 0.701. The van der Waals surface area contributed by atoms with Gasteiger partial charge in [0.15, 0.2) is 0 Å². The van der Waals surface area contributed by atoms with Crippen LogP contribution in [-0.2, 0) is 0 Å². The summed E-state index contributed by atoms with van der Waals surface area (Å²) in [7, 11) is 1.00. The molecule has 0 aromatic heterocycles. The molecule has 2 rings (SSSR count). The Balaban J connectivity index is 0.000000315. The summed E-state index contributed by atoms with van der Waals surface area (Å²) in [5.41, 5.74) is 0.542. The number of hydrogen-bond acceptors (Lipinski definition) is 1. The molecule has 0 atom stereocenters. The fourth-order valence-corrected chi connectivity index (χ4v) is 1.13. The van der Waals surface area contributed by atoms with Gasteiger partial charge in [0, 0.05) is 7.11 Å². The van der Waals surface area contributed by atoms with Crippen molar-refractivity contribution in [2.75, 3.05) is 7.11 Å². The third-order valence-electron chi connectivity index (χ3n) is 2.72. The molecule has 1 N–H and O–H groups in total. The summed E-state index contributed by atoms with van der Waals surface area (Å²) in [5, 5.41) is 9.62. The minimum Gasteiger partial charge on any atom is -0.400 e. The van der Waals surface area contributed by atoms with Crippen molar-refractivity contribution >= 4 is 10.8 Å². The number of hydrogen-bond donors (Lipinski definition) is 1. The zero-order valence-corrected chi connectivity index (χ0v) is 12.3. The van der Waals surface area contributed by atoms with E-state index in [2.05, 4.69) is 76.2 Å². The maximum atomic E-state index is 7.00. The predicted molar refractivity (Wildman–Crippen MR) is 81.8 cm³/mol. The molecular weight excluding hydrogens is 220 g/mol. The Bertz CT molecular complexity index is 361. The molecular formula is C17H26O. The summed E-state index contributed by atoms with van der Waals surface area (Å²) in [6.07, 6.45) is 1.27. The molecule has 0 spiro atoms. The third-order valence-corrected chi connectivity index (χ3v) is 2.72. The maximum absolute atomic E-state index is 7.00. The Labute approximate surface area is 111 Å². The highest BCUT2D eigenvalue weighted by atomic mass is 16.2. The van der Waals surface area contributed by atoms with Crippen LogP contribution in [0.3, 0.4) is 0 Å². The lowest BCUT2D eigenvalue weighted by Crippen LogP contribution is -2.00. The van der Waals surface area contributed by atoms with E-state index in [-0.39, 0.29) is 0 Å². The second-order valence-corrected chi connectivity index (χ2v) is 5.26. The van der Waals surface area contributed by atoms with Gasteiger partial charge in [-0.3, -0.25) is 0 Å². The summed E-state index contributed by atoms with van der Waals surface area (Å²) in [6.45, 7) is 8.94. The largest absolute Gasteiger partial charge is 0.400 e. The SMILES string of the molecule is CCC(C)(C)C.CO.c1ccc2ccccc2c1. The predicted octanol–water partition coefficient (Wildman–Crippen LogP) is 4.89. The standard InChI is InChI=1S/C10H8.C6H14.CH4O/c1-2-6-10-8-4-3-7-9(10)5-1;1-5-6(2,3)4;1-2/h1-8H;5H2,1-4H3;2H,1H3. The van der Waals surface area contributed by atoms with E-state index in [1.807, 2.05) is 0 Å². The molecule has 0 saturated carbocycles. The van der Waals surface area contributed by atoms with Crippen LogP contribution in [0.1, 0.15) is 34.1 Å². The number of aliphatic hydroxyl groups is 1. The lowest BCUT2D eigenvalue weighted by atomic mass is 9.94. The minimum absolute atomic E-state index is 0.542. The van der Waals surface area contributed by atoms with Crippen LogP contribution >= 0.6 is 0 Å². The number of rotatable bonds is 0. The van der Waals surface area contributed by atoms with Gasteiger partial charge >= 0.3 is 0 Å². The Morgan fingerprint density at radius 1 is 0.778 bits per heavy atom. The van der Waals surface area contributed by atoms with Gasteiger partial charge in [-0.2, -0.15) is 0 Å². The van der Waals surface area contributed by atoms with Crippen molar-refractivity contribution in [3.05, 3.63) is 48.5 Å². The summed E-state index contributed by atoms with van der Waals surface area (Å²) < 4.78 is 0. The van der Waals surface area contributed by atoms with E-state index < -0.39 is 0 Å². The van der Waals surface area contributed by atoms with Gasteiger partial charge < -0.3 is 5.11 Å². The van der Waals surface area contributed by atoms with Crippen molar-refractivity contribution in [2.24, 2.45) is 5.41 Å². The van der Waals surface area contributed by atoms with E-state index in [4.69, 9.17) is 5.11 Å². The van der Waals surface area contributed by atoms with Gasteiger partial charge in [-0.05, 0) is 16.2 Å². The maximum Gasteiger partial charge on any atom is 0.0319 e. The van der Waals surface area contributed by atoms with E-state index in [9.17, 15) is 0 Å². The molecule has 100 valence electrons. The van der Waals surface area contributed by atoms with E-state index >= 15 is 0 Å². The summed E-state index contributed by atoms with van der Waals surface area (Å²) in [5.74, 6) is 0. The second kappa shape index (κ2) is 8.71. The van der Waals surface area contributed by atoms with Gasteiger partial charge in [-0.25, -0.2) is 0 Å². The second-order valence-electron chi connectivity index (χ2n) is 5.26. The minimum atomic E-state index is 0.542. The van der Waals surface area contributed by atoms with Gasteiger partial charge in [0.25, 0.3) is 0 Å². The number of benzene rings is 2. The van der Waals surface area contributed by atoms with E-state index in [0.717, 1.165) is 7.11 Å². The van der Waals surface area contributed by atoms with E-state index in [1.165, 1.54) is 17.2 Å². The van der Waals surface area contributed by atoms with Crippen molar-refractivity contribution in [3.8, 4) is 0 Å². The highest BCUT2D eigenvalue weighted by Gasteiger charge is 2.03. The number of aliphatic hydroxyl groups excluding tert-OH is 1. The molecule has 2 aromatic rings. The molecule has 18 heavy (non-hydrogen) atoms. The Kier molecular flexibility index (Phi) is 8.06. The fraction of sp³-hybridized carbons (Fsp3) is 0.412. The van der Waals surface area contributed by atoms with Gasteiger partial charge in [-0.15, -0.1) is 0 Å². The monoisotopic (exact) mass is 246 g/mol. The molecule has 2 aromatic carbocycles. The van der Waals surface area contributed by atoms with Crippen LogP contribution in [0.4, 0.5) is 0 Å². The van der Waals surface area contributed by atoms with Crippen LogP contribution in [0, 0.1) is 5.41 Å². The first-order valence-electron chi connectivity index (χ1n) is 6.41. The summed E-state index contributed by atoms with van der Waals surface area (Å²) >= 11 is 0. The van der Waals surface area contributed by atoms with Crippen molar-refractivity contribution in [1.82, 2.24) is 0 Å². The molecule has 0 aliphatic carbocycles. The molecule has 0 saturated heterocycles. The lowest BCUT2D eigenvalue weighted by molar-refractivity contribution is 0.398. The van der Waals surface area contributed by atoms with E-state index in [0.29, 0.717) is 5.41 Å². The molecule has 0 radical (unpaired) electrons. The average molecular weight is 246 g/mol. The molecule has 0 amide bonds. The Hall–Kier alpha value is -1.34. The zero-order chi connectivity index (χ0) is 14.0. The molecule has 0 unspecified atom stereocenters. The molecule has 0 aliphatic heterocycles.